The molecular formula is C24H25BrN6O3S. The van der Waals surface area contributed by atoms with Crippen molar-refractivity contribution in [3.63, 3.8) is 0 Å². The Morgan fingerprint density at radius 2 is 1.86 bits per heavy atom. The Kier molecular flexibility index (Phi) is 7.46. The van der Waals surface area contributed by atoms with E-state index in [-0.39, 0.29) is 23.1 Å². The van der Waals surface area contributed by atoms with Gasteiger partial charge in [0.2, 0.25) is 5.91 Å². The molecule has 4 rings (SSSR count). The molecule has 0 aliphatic rings. The first kappa shape index (κ1) is 24.8. The molecule has 9 nitrogen and oxygen atoms in total. The standard InChI is InChI=1S/C24H25BrN6O3S/c1-4-11-31-22(17-12-15(25)7-10-20(17)32)27-28-23(31)35-14-21(33)26-16-8-9-18-19(13-16)30(6-3)24(34)29(18)5-2/h4,7-10,12-13,32H,1,5-6,11,14H2,2-3H3,(H,26,33). The molecule has 0 spiro atoms. The van der Waals surface area contributed by atoms with E-state index < -0.39 is 0 Å². The lowest BCUT2D eigenvalue weighted by molar-refractivity contribution is -0.113. The number of rotatable bonds is 9. The summed E-state index contributed by atoms with van der Waals surface area (Å²) in [5.41, 5.74) is 2.71. The van der Waals surface area contributed by atoms with Gasteiger partial charge in [-0.05, 0) is 50.2 Å². The number of phenols is 1. The number of hydrogen-bond acceptors (Lipinski definition) is 6. The number of benzene rings is 2. The number of nitrogens with zero attached hydrogens (tertiary/aromatic N) is 5. The number of anilines is 1. The molecule has 11 heteroatoms. The van der Waals surface area contributed by atoms with Crippen molar-refractivity contribution >= 4 is 50.3 Å². The minimum absolute atomic E-state index is 0.0575. The highest BCUT2D eigenvalue weighted by Crippen LogP contribution is 2.32. The summed E-state index contributed by atoms with van der Waals surface area (Å²) < 4.78 is 6.01. The molecule has 0 saturated carbocycles. The van der Waals surface area contributed by atoms with Crippen molar-refractivity contribution in [1.29, 1.82) is 0 Å². The van der Waals surface area contributed by atoms with Crippen LogP contribution in [0.2, 0.25) is 0 Å². The van der Waals surface area contributed by atoms with Gasteiger partial charge in [-0.3, -0.25) is 18.5 Å². The van der Waals surface area contributed by atoms with Crippen LogP contribution in [0.25, 0.3) is 22.4 Å². The number of carbonyl (C=O) groups is 1. The van der Waals surface area contributed by atoms with Crippen molar-refractivity contribution in [3.05, 3.63) is 64.0 Å². The molecule has 4 aromatic rings. The molecule has 35 heavy (non-hydrogen) atoms. The van der Waals surface area contributed by atoms with E-state index in [9.17, 15) is 14.7 Å². The minimum Gasteiger partial charge on any atom is -0.507 e. The molecule has 2 N–H and O–H groups in total. The third kappa shape index (κ3) is 4.92. The zero-order valence-electron chi connectivity index (χ0n) is 19.4. The van der Waals surface area contributed by atoms with Gasteiger partial charge in [0, 0.05) is 29.8 Å². The highest BCUT2D eigenvalue weighted by atomic mass is 79.9. The number of aromatic nitrogens is 5. The monoisotopic (exact) mass is 556 g/mol. The maximum atomic E-state index is 12.7. The van der Waals surface area contributed by atoms with Crippen LogP contribution < -0.4 is 11.0 Å². The Hall–Kier alpha value is -3.31. The zero-order valence-corrected chi connectivity index (χ0v) is 21.8. The van der Waals surface area contributed by atoms with Crippen molar-refractivity contribution in [2.75, 3.05) is 11.1 Å². The number of allylic oxidation sites excluding steroid dienone is 1. The molecule has 182 valence electrons. The van der Waals surface area contributed by atoms with E-state index in [0.29, 0.717) is 41.9 Å². The fraction of sp³-hybridized carbons (Fsp3) is 0.250. The summed E-state index contributed by atoms with van der Waals surface area (Å²) in [7, 11) is 0. The molecule has 0 saturated heterocycles. The summed E-state index contributed by atoms with van der Waals surface area (Å²) in [4.78, 5) is 25.3. The summed E-state index contributed by atoms with van der Waals surface area (Å²) in [5.74, 6) is 0.455. The second-order valence-electron chi connectivity index (χ2n) is 7.68. The van der Waals surface area contributed by atoms with Crippen LogP contribution in [0.1, 0.15) is 13.8 Å². The van der Waals surface area contributed by atoms with Crippen LogP contribution in [0.3, 0.4) is 0 Å². The topological polar surface area (TPSA) is 107 Å². The number of carbonyl (C=O) groups excluding carboxylic acids is 1. The van der Waals surface area contributed by atoms with Crippen molar-refractivity contribution in [2.45, 2.75) is 38.6 Å². The van der Waals surface area contributed by atoms with Crippen LogP contribution in [0, 0.1) is 0 Å². The number of nitrogens with one attached hydrogen (secondary N) is 1. The number of fused-ring (bicyclic) bond motifs is 1. The maximum Gasteiger partial charge on any atom is 0.329 e. The Morgan fingerprint density at radius 3 is 2.57 bits per heavy atom. The molecule has 2 heterocycles. The molecule has 2 aromatic heterocycles. The lowest BCUT2D eigenvalue weighted by Crippen LogP contribution is -2.23. The Labute approximate surface area is 214 Å². The van der Waals surface area contributed by atoms with Crippen molar-refractivity contribution < 1.29 is 9.90 Å². The second kappa shape index (κ2) is 10.5. The van der Waals surface area contributed by atoms with Gasteiger partial charge in [-0.25, -0.2) is 4.79 Å². The van der Waals surface area contributed by atoms with Crippen LogP contribution in [0.4, 0.5) is 5.69 Å². The van der Waals surface area contributed by atoms with Crippen LogP contribution >= 0.6 is 27.7 Å². The predicted octanol–water partition coefficient (Wildman–Crippen LogP) is 4.49. The largest absolute Gasteiger partial charge is 0.507 e. The van der Waals surface area contributed by atoms with E-state index >= 15 is 0 Å². The fourth-order valence-corrected chi connectivity index (χ4v) is 5.02. The summed E-state index contributed by atoms with van der Waals surface area (Å²) in [6.07, 6.45) is 1.71. The van der Waals surface area contributed by atoms with Gasteiger partial charge in [-0.2, -0.15) is 0 Å². The normalized spacial score (nSPS) is 11.2. The van der Waals surface area contributed by atoms with Gasteiger partial charge < -0.3 is 10.4 Å². The molecule has 2 aromatic carbocycles. The van der Waals surface area contributed by atoms with E-state index in [1.54, 1.807) is 44.0 Å². The van der Waals surface area contributed by atoms with Crippen LogP contribution in [-0.4, -0.2) is 40.7 Å². The molecule has 0 radical (unpaired) electrons. The van der Waals surface area contributed by atoms with E-state index in [1.807, 2.05) is 26.0 Å². The predicted molar refractivity (Wildman–Crippen MR) is 142 cm³/mol. The smallest absolute Gasteiger partial charge is 0.329 e. The first-order valence-electron chi connectivity index (χ1n) is 11.1. The number of phenolic OH excluding ortho intramolecular Hbond substituents is 1. The van der Waals surface area contributed by atoms with E-state index in [4.69, 9.17) is 0 Å². The number of thioether (sulfide) groups is 1. The Balaban J connectivity index is 1.52. The molecule has 0 aliphatic heterocycles. The summed E-state index contributed by atoms with van der Waals surface area (Å²) in [6, 6.07) is 10.6. The van der Waals surface area contributed by atoms with Crippen molar-refractivity contribution in [3.8, 4) is 17.1 Å². The van der Waals surface area contributed by atoms with Crippen LogP contribution in [0.15, 0.2) is 63.5 Å². The lowest BCUT2D eigenvalue weighted by atomic mass is 10.2. The first-order valence-corrected chi connectivity index (χ1v) is 12.8. The van der Waals surface area contributed by atoms with Gasteiger partial charge in [0.1, 0.15) is 5.75 Å². The van der Waals surface area contributed by atoms with Gasteiger partial charge in [-0.15, -0.1) is 16.8 Å². The molecule has 0 bridgehead atoms. The fourth-order valence-electron chi connectivity index (χ4n) is 3.91. The van der Waals surface area contributed by atoms with Gasteiger partial charge >= 0.3 is 5.69 Å². The van der Waals surface area contributed by atoms with E-state index in [0.717, 1.165) is 15.5 Å². The average molecular weight is 557 g/mol. The third-order valence-corrected chi connectivity index (χ3v) is 6.96. The molecular weight excluding hydrogens is 532 g/mol. The molecule has 0 aliphatic carbocycles. The maximum absolute atomic E-state index is 12.7. The lowest BCUT2D eigenvalue weighted by Gasteiger charge is -2.10. The van der Waals surface area contributed by atoms with E-state index in [1.165, 1.54) is 11.8 Å². The molecule has 1 amide bonds. The summed E-state index contributed by atoms with van der Waals surface area (Å²) in [5, 5.41) is 22.2. The minimum atomic E-state index is -0.213. The van der Waals surface area contributed by atoms with Gasteiger partial charge in [0.25, 0.3) is 0 Å². The zero-order chi connectivity index (χ0) is 25.1. The highest BCUT2D eigenvalue weighted by molar-refractivity contribution is 9.10. The Morgan fingerprint density at radius 1 is 1.11 bits per heavy atom. The SMILES string of the molecule is C=CCn1c(SCC(=O)Nc2ccc3c(c2)n(CC)c(=O)n3CC)nnc1-c1cc(Br)ccc1O. The number of amides is 1. The van der Waals surface area contributed by atoms with Crippen molar-refractivity contribution in [1.82, 2.24) is 23.9 Å². The number of aryl methyl sites for hydroxylation is 2. The molecule has 0 unspecified atom stereocenters. The van der Waals surface area contributed by atoms with E-state index in [2.05, 4.69) is 38.0 Å². The second-order valence-corrected chi connectivity index (χ2v) is 9.54. The van der Waals surface area contributed by atoms with Crippen LogP contribution in [-0.2, 0) is 24.4 Å². The summed E-state index contributed by atoms with van der Waals surface area (Å²) in [6.45, 7) is 9.19. The molecule has 0 fully saturated rings. The third-order valence-electron chi connectivity index (χ3n) is 5.50. The summed E-state index contributed by atoms with van der Waals surface area (Å²) >= 11 is 4.65. The van der Waals surface area contributed by atoms with Crippen molar-refractivity contribution in [2.24, 2.45) is 0 Å². The average Bonchev–Trinajstić information content (AvgIpc) is 3.36. The van der Waals surface area contributed by atoms with Gasteiger partial charge in [0.05, 0.1) is 22.3 Å². The van der Waals surface area contributed by atoms with Gasteiger partial charge in [-0.1, -0.05) is 33.8 Å². The number of hydrogen-bond donors (Lipinski definition) is 2. The highest BCUT2D eigenvalue weighted by Gasteiger charge is 2.18. The number of imidazole rings is 1. The van der Waals surface area contributed by atoms with Gasteiger partial charge in [0.15, 0.2) is 11.0 Å². The Bertz CT molecular complexity index is 1470. The number of aromatic hydroxyl groups is 1. The quantitative estimate of drug-likeness (QED) is 0.232. The molecule has 0 atom stereocenters. The first-order chi connectivity index (χ1) is 16.9. The van der Waals surface area contributed by atoms with Crippen LogP contribution in [0.5, 0.6) is 5.75 Å². The number of halogens is 1.